The van der Waals surface area contributed by atoms with Crippen LogP contribution in [0.2, 0.25) is 0 Å². The third-order valence-corrected chi connectivity index (χ3v) is 6.18. The molecule has 0 bridgehead atoms. The molecule has 1 saturated heterocycles. The van der Waals surface area contributed by atoms with Gasteiger partial charge < -0.3 is 15.1 Å². The summed E-state index contributed by atoms with van der Waals surface area (Å²) in [5.74, 6) is -4.98. The number of halogens is 4. The van der Waals surface area contributed by atoms with E-state index in [4.69, 9.17) is 0 Å². The Balaban J connectivity index is 1.64. The summed E-state index contributed by atoms with van der Waals surface area (Å²) in [7, 11) is 3.94. The summed E-state index contributed by atoms with van der Waals surface area (Å²) in [5, 5.41) is 3.27. The van der Waals surface area contributed by atoms with Crippen molar-refractivity contribution < 1.29 is 27.2 Å². The molecule has 1 aliphatic heterocycles. The molecule has 0 saturated carbocycles. The molecule has 0 spiro atoms. The Labute approximate surface area is 224 Å². The Kier molecular flexibility index (Phi) is 8.61. The van der Waals surface area contributed by atoms with Gasteiger partial charge in [0.25, 0.3) is 5.91 Å². The third-order valence-electron chi connectivity index (χ3n) is 6.18. The molecule has 1 fully saturated rings. The highest BCUT2D eigenvalue weighted by Gasteiger charge is 2.30. The van der Waals surface area contributed by atoms with E-state index in [1.807, 2.05) is 19.0 Å². The molecule has 1 aliphatic rings. The summed E-state index contributed by atoms with van der Waals surface area (Å²) >= 11 is 0. The quantitative estimate of drug-likeness (QED) is 0.324. The highest BCUT2D eigenvalue weighted by molar-refractivity contribution is 6.15. The van der Waals surface area contributed by atoms with Crippen molar-refractivity contribution >= 4 is 29.5 Å². The molecular formula is C30H27F4N3O2. The number of amides is 1. The van der Waals surface area contributed by atoms with Crippen molar-refractivity contribution in [1.82, 2.24) is 9.80 Å². The van der Waals surface area contributed by atoms with E-state index in [1.54, 1.807) is 24.3 Å². The zero-order valence-corrected chi connectivity index (χ0v) is 21.5. The van der Waals surface area contributed by atoms with Gasteiger partial charge in [0, 0.05) is 35.5 Å². The van der Waals surface area contributed by atoms with Crippen molar-refractivity contribution in [2.45, 2.75) is 0 Å². The van der Waals surface area contributed by atoms with E-state index in [2.05, 4.69) is 5.32 Å². The van der Waals surface area contributed by atoms with E-state index in [0.717, 1.165) is 43.0 Å². The number of nitrogens with zero attached hydrogens (tertiary/aromatic N) is 2. The van der Waals surface area contributed by atoms with Crippen LogP contribution in [0.5, 0.6) is 0 Å². The average molecular weight is 538 g/mol. The van der Waals surface area contributed by atoms with Crippen molar-refractivity contribution in [2.24, 2.45) is 0 Å². The standard InChI is InChI=1S/C30H27F4N3O2/c1-36(2)12-11-35-24-7-5-21(6-8-24)30(39)37-17-22(13-19-3-9-25(31)27(33)15-19)29(38)23(18-37)14-20-4-10-26(32)28(34)16-20/h3-10,13-16,35H,11-12,17-18H2,1-2H3/b22-13+,23-14+. The zero-order valence-electron chi connectivity index (χ0n) is 21.5. The van der Waals surface area contributed by atoms with Gasteiger partial charge in [0.05, 0.1) is 13.1 Å². The molecule has 1 heterocycles. The molecule has 9 heteroatoms. The first-order valence-corrected chi connectivity index (χ1v) is 12.2. The van der Waals surface area contributed by atoms with Gasteiger partial charge in [0.1, 0.15) is 0 Å². The van der Waals surface area contributed by atoms with E-state index in [-0.39, 0.29) is 41.3 Å². The molecule has 39 heavy (non-hydrogen) atoms. The zero-order chi connectivity index (χ0) is 28.1. The number of ketones is 1. The van der Waals surface area contributed by atoms with Crippen LogP contribution in [-0.4, -0.2) is 61.8 Å². The number of carbonyl (C=O) groups excluding carboxylic acids is 2. The van der Waals surface area contributed by atoms with Gasteiger partial charge in [-0.2, -0.15) is 0 Å². The molecule has 3 aromatic rings. The van der Waals surface area contributed by atoms with Crippen LogP contribution >= 0.6 is 0 Å². The predicted octanol–water partition coefficient (Wildman–Crippen LogP) is 5.41. The van der Waals surface area contributed by atoms with Crippen LogP contribution in [0.4, 0.5) is 23.2 Å². The lowest BCUT2D eigenvalue weighted by molar-refractivity contribution is -0.113. The van der Waals surface area contributed by atoms with Gasteiger partial charge >= 0.3 is 0 Å². The summed E-state index contributed by atoms with van der Waals surface area (Å²) in [4.78, 5) is 30.2. The second-order valence-corrected chi connectivity index (χ2v) is 9.48. The average Bonchev–Trinajstić information content (AvgIpc) is 2.90. The minimum Gasteiger partial charge on any atom is -0.384 e. The molecule has 5 nitrogen and oxygen atoms in total. The molecule has 0 unspecified atom stereocenters. The monoisotopic (exact) mass is 537 g/mol. The van der Waals surface area contributed by atoms with Gasteiger partial charge in [-0.3, -0.25) is 9.59 Å². The number of hydrogen-bond donors (Lipinski definition) is 1. The van der Waals surface area contributed by atoms with Crippen molar-refractivity contribution in [1.29, 1.82) is 0 Å². The minimum absolute atomic E-state index is 0.0748. The Morgan fingerprint density at radius 3 is 1.79 bits per heavy atom. The van der Waals surface area contributed by atoms with Gasteiger partial charge in [-0.1, -0.05) is 12.1 Å². The number of carbonyl (C=O) groups is 2. The number of piperidine rings is 1. The van der Waals surface area contributed by atoms with E-state index >= 15 is 0 Å². The van der Waals surface area contributed by atoms with Crippen molar-refractivity contribution in [3.63, 3.8) is 0 Å². The Morgan fingerprint density at radius 1 is 0.821 bits per heavy atom. The molecule has 4 rings (SSSR count). The van der Waals surface area contributed by atoms with Crippen LogP contribution in [0.15, 0.2) is 71.8 Å². The summed E-state index contributed by atoms with van der Waals surface area (Å²) in [5.41, 5.74) is 2.05. The number of anilines is 1. The molecule has 1 N–H and O–H groups in total. The first-order valence-electron chi connectivity index (χ1n) is 12.2. The summed E-state index contributed by atoms with van der Waals surface area (Å²) in [6.07, 6.45) is 2.78. The second kappa shape index (κ2) is 12.1. The lowest BCUT2D eigenvalue weighted by Gasteiger charge is -2.30. The molecule has 202 valence electrons. The van der Waals surface area contributed by atoms with E-state index < -0.39 is 29.1 Å². The van der Waals surface area contributed by atoms with Crippen molar-refractivity contribution in [3.05, 3.63) is 112 Å². The fraction of sp³-hybridized carbons (Fsp3) is 0.200. The Morgan fingerprint density at radius 2 is 1.33 bits per heavy atom. The molecule has 0 aliphatic carbocycles. The number of Topliss-reactive ketones (excluding diaryl/α,β-unsaturated/α-hetero) is 1. The number of benzene rings is 3. The molecule has 0 radical (unpaired) electrons. The summed E-state index contributed by atoms with van der Waals surface area (Å²) in [6, 6.07) is 13.4. The number of likely N-dealkylation sites (tertiary alicyclic amines) is 1. The first kappa shape index (κ1) is 27.8. The highest BCUT2D eigenvalue weighted by atomic mass is 19.2. The maximum absolute atomic E-state index is 13.8. The van der Waals surface area contributed by atoms with Crippen LogP contribution in [0.3, 0.4) is 0 Å². The molecule has 0 aromatic heterocycles. The van der Waals surface area contributed by atoms with Crippen molar-refractivity contribution in [3.8, 4) is 0 Å². The van der Waals surface area contributed by atoms with Crippen LogP contribution in [-0.2, 0) is 4.79 Å². The van der Waals surface area contributed by atoms with Gasteiger partial charge in [-0.05, 0) is 85.9 Å². The van der Waals surface area contributed by atoms with Crippen LogP contribution < -0.4 is 5.32 Å². The first-order chi connectivity index (χ1) is 18.6. The number of nitrogens with one attached hydrogen (secondary N) is 1. The Hall–Kier alpha value is -4.24. The minimum atomic E-state index is -1.07. The van der Waals surface area contributed by atoms with E-state index in [1.165, 1.54) is 29.2 Å². The molecule has 3 aromatic carbocycles. The second-order valence-electron chi connectivity index (χ2n) is 9.48. The van der Waals surface area contributed by atoms with Gasteiger partial charge in [-0.15, -0.1) is 0 Å². The largest absolute Gasteiger partial charge is 0.384 e. The van der Waals surface area contributed by atoms with E-state index in [9.17, 15) is 27.2 Å². The number of likely N-dealkylation sites (N-methyl/N-ethyl adjacent to an activating group) is 1. The lowest BCUT2D eigenvalue weighted by atomic mass is 9.93. The number of hydrogen-bond acceptors (Lipinski definition) is 4. The van der Waals surface area contributed by atoms with Gasteiger partial charge in [0.15, 0.2) is 29.1 Å². The normalized spacial score (nSPS) is 15.9. The highest BCUT2D eigenvalue weighted by Crippen LogP contribution is 2.25. The summed E-state index contributed by atoms with van der Waals surface area (Å²) < 4.78 is 54.4. The van der Waals surface area contributed by atoms with Crippen molar-refractivity contribution in [2.75, 3.05) is 45.6 Å². The SMILES string of the molecule is CN(C)CCNc1ccc(C(=O)N2C/C(=C\c3ccc(F)c(F)c3)C(=O)/C(=C/c3ccc(F)c(F)c3)C2)cc1. The van der Waals surface area contributed by atoms with Gasteiger partial charge in [-0.25, -0.2) is 17.6 Å². The van der Waals surface area contributed by atoms with Crippen LogP contribution in [0, 0.1) is 23.3 Å². The fourth-order valence-corrected chi connectivity index (χ4v) is 4.13. The van der Waals surface area contributed by atoms with Crippen LogP contribution in [0.1, 0.15) is 21.5 Å². The topological polar surface area (TPSA) is 52.7 Å². The lowest BCUT2D eigenvalue weighted by Crippen LogP contribution is -2.41. The third kappa shape index (κ3) is 7.00. The van der Waals surface area contributed by atoms with Crippen LogP contribution in [0.25, 0.3) is 12.2 Å². The smallest absolute Gasteiger partial charge is 0.254 e. The molecule has 1 amide bonds. The van der Waals surface area contributed by atoms with E-state index in [0.29, 0.717) is 5.56 Å². The van der Waals surface area contributed by atoms with Gasteiger partial charge in [0.2, 0.25) is 0 Å². The maximum atomic E-state index is 13.8. The summed E-state index contributed by atoms with van der Waals surface area (Å²) in [6.45, 7) is 1.41. The maximum Gasteiger partial charge on any atom is 0.254 e. The fourth-order valence-electron chi connectivity index (χ4n) is 4.13. The molecule has 0 atom stereocenters. The Bertz CT molecular complexity index is 1380. The number of rotatable bonds is 7. The molecular weight excluding hydrogens is 510 g/mol. The predicted molar refractivity (Wildman–Crippen MR) is 143 cm³/mol.